The highest BCUT2D eigenvalue weighted by Crippen LogP contribution is 2.15. The number of carbonyl (C=O) groups is 2. The van der Waals surface area contributed by atoms with Gasteiger partial charge in [-0.3, -0.25) is 9.59 Å². The van der Waals surface area contributed by atoms with Crippen LogP contribution < -0.4 is 15.8 Å². The number of hydrogen-bond donors (Lipinski definition) is 3. The number of amides is 2. The molecule has 2 aromatic rings. The molecule has 9 heteroatoms. The predicted molar refractivity (Wildman–Crippen MR) is 97.8 cm³/mol. The zero-order valence-corrected chi connectivity index (χ0v) is 15.3. The highest BCUT2D eigenvalue weighted by Gasteiger charge is 2.20. The number of halogens is 1. The fraction of sp³-hybridized carbons (Fsp3) is 0.176. The maximum atomic E-state index is 12.1. The van der Waals surface area contributed by atoms with Gasteiger partial charge in [-0.25, -0.2) is 13.1 Å². The molecular formula is C17H18ClN3O4S. The summed E-state index contributed by atoms with van der Waals surface area (Å²) in [5.41, 5.74) is 5.88. The molecule has 2 rings (SSSR count). The third-order valence-electron chi connectivity index (χ3n) is 3.47. The largest absolute Gasteiger partial charge is 0.368 e. The minimum absolute atomic E-state index is 0.00436. The van der Waals surface area contributed by atoms with Gasteiger partial charge in [0.05, 0.1) is 4.90 Å². The van der Waals surface area contributed by atoms with E-state index in [-0.39, 0.29) is 22.9 Å². The zero-order valence-electron chi connectivity index (χ0n) is 13.7. The molecule has 0 saturated heterocycles. The lowest BCUT2D eigenvalue weighted by Gasteiger charge is -2.16. The van der Waals surface area contributed by atoms with E-state index in [0.29, 0.717) is 5.56 Å². The van der Waals surface area contributed by atoms with Crippen LogP contribution in [0.3, 0.4) is 0 Å². The normalized spacial score (nSPS) is 12.3. The zero-order chi connectivity index (χ0) is 19.2. The van der Waals surface area contributed by atoms with Crippen LogP contribution in [0.25, 0.3) is 0 Å². The Hall–Kier alpha value is -2.42. The summed E-state index contributed by atoms with van der Waals surface area (Å²) in [5, 5.41) is 2.79. The quantitative estimate of drug-likeness (QED) is 0.625. The van der Waals surface area contributed by atoms with Crippen LogP contribution in [-0.2, 0) is 19.6 Å². The van der Waals surface area contributed by atoms with Crippen molar-refractivity contribution in [3.05, 3.63) is 65.2 Å². The molecule has 138 valence electrons. The van der Waals surface area contributed by atoms with Crippen molar-refractivity contribution in [2.45, 2.75) is 17.4 Å². The second-order valence-electron chi connectivity index (χ2n) is 5.42. The Balaban J connectivity index is 1.93. The first-order chi connectivity index (χ1) is 12.3. The topological polar surface area (TPSA) is 118 Å². The van der Waals surface area contributed by atoms with Crippen LogP contribution in [0.4, 0.5) is 0 Å². The maximum absolute atomic E-state index is 12.1. The Bertz CT molecular complexity index is 888. The van der Waals surface area contributed by atoms with Gasteiger partial charge in [0.1, 0.15) is 6.04 Å². The van der Waals surface area contributed by atoms with Crippen molar-refractivity contribution >= 4 is 33.4 Å². The molecule has 0 bridgehead atoms. The van der Waals surface area contributed by atoms with Crippen molar-refractivity contribution in [2.24, 2.45) is 5.73 Å². The summed E-state index contributed by atoms with van der Waals surface area (Å²) in [6, 6.07) is 13.3. The fourth-order valence-corrected chi connectivity index (χ4v) is 3.55. The van der Waals surface area contributed by atoms with Gasteiger partial charge >= 0.3 is 0 Å². The molecule has 0 fully saturated rings. The van der Waals surface area contributed by atoms with Crippen LogP contribution in [0.2, 0.25) is 5.02 Å². The average molecular weight is 396 g/mol. The van der Waals surface area contributed by atoms with Crippen LogP contribution >= 0.6 is 11.6 Å². The van der Waals surface area contributed by atoms with Gasteiger partial charge in [-0.05, 0) is 23.8 Å². The second-order valence-corrected chi connectivity index (χ2v) is 7.62. The number of hydrogen-bond acceptors (Lipinski definition) is 4. The van der Waals surface area contributed by atoms with Crippen LogP contribution in [0.5, 0.6) is 0 Å². The summed E-state index contributed by atoms with van der Waals surface area (Å²) in [5.74, 6) is -1.21. The minimum atomic E-state index is -3.78. The summed E-state index contributed by atoms with van der Waals surface area (Å²) in [6.07, 6.45) is -0.156. The molecule has 4 N–H and O–H groups in total. The summed E-state index contributed by atoms with van der Waals surface area (Å²) < 4.78 is 26.6. The van der Waals surface area contributed by atoms with Crippen molar-refractivity contribution in [2.75, 3.05) is 6.54 Å². The predicted octanol–water partition coefficient (Wildman–Crippen LogP) is 1.35. The Labute approximate surface area is 156 Å². The van der Waals surface area contributed by atoms with E-state index < -0.39 is 27.9 Å². The van der Waals surface area contributed by atoms with Gasteiger partial charge in [0, 0.05) is 18.0 Å². The monoisotopic (exact) mass is 395 g/mol. The van der Waals surface area contributed by atoms with E-state index in [4.69, 9.17) is 17.3 Å². The molecule has 1 unspecified atom stereocenters. The number of primary amides is 1. The summed E-state index contributed by atoms with van der Waals surface area (Å²) >= 11 is 5.78. The van der Waals surface area contributed by atoms with Crippen molar-refractivity contribution in [3.8, 4) is 0 Å². The summed E-state index contributed by atoms with van der Waals surface area (Å²) in [4.78, 5) is 23.6. The van der Waals surface area contributed by atoms with E-state index in [2.05, 4.69) is 10.0 Å². The lowest BCUT2D eigenvalue weighted by Crippen LogP contribution is -2.39. The average Bonchev–Trinajstić information content (AvgIpc) is 2.60. The highest BCUT2D eigenvalue weighted by molar-refractivity contribution is 7.89. The van der Waals surface area contributed by atoms with Crippen LogP contribution in [-0.4, -0.2) is 26.8 Å². The number of sulfonamides is 1. The molecule has 2 aromatic carbocycles. The molecule has 2 amide bonds. The molecule has 0 aliphatic rings. The van der Waals surface area contributed by atoms with Crippen LogP contribution in [0, 0.1) is 0 Å². The molecular weight excluding hydrogens is 378 g/mol. The van der Waals surface area contributed by atoms with Crippen LogP contribution in [0.15, 0.2) is 59.5 Å². The van der Waals surface area contributed by atoms with Gasteiger partial charge in [-0.1, -0.05) is 48.0 Å². The van der Waals surface area contributed by atoms with E-state index >= 15 is 0 Å². The van der Waals surface area contributed by atoms with E-state index in [1.807, 2.05) is 0 Å². The maximum Gasteiger partial charge on any atom is 0.244 e. The SMILES string of the molecule is NC(=O)C(NC(=O)CCNS(=O)(=O)c1cccc(Cl)c1)c1ccccc1. The first-order valence-corrected chi connectivity index (χ1v) is 9.54. The first kappa shape index (κ1) is 19.9. The van der Waals surface area contributed by atoms with Gasteiger partial charge in [-0.15, -0.1) is 0 Å². The van der Waals surface area contributed by atoms with E-state index in [1.165, 1.54) is 18.2 Å². The van der Waals surface area contributed by atoms with Gasteiger partial charge in [0.25, 0.3) is 0 Å². The minimum Gasteiger partial charge on any atom is -0.368 e. The molecule has 26 heavy (non-hydrogen) atoms. The summed E-state index contributed by atoms with van der Waals surface area (Å²) in [7, 11) is -3.78. The third kappa shape index (κ3) is 5.55. The Kier molecular flexibility index (Phi) is 6.73. The van der Waals surface area contributed by atoms with E-state index in [0.717, 1.165) is 0 Å². The molecule has 0 radical (unpaired) electrons. The Morgan fingerprint density at radius 3 is 2.38 bits per heavy atom. The molecule has 0 spiro atoms. The Morgan fingerprint density at radius 2 is 1.77 bits per heavy atom. The summed E-state index contributed by atoms with van der Waals surface area (Å²) in [6.45, 7) is -0.138. The van der Waals surface area contributed by atoms with Gasteiger partial charge in [-0.2, -0.15) is 0 Å². The number of rotatable bonds is 8. The van der Waals surface area contributed by atoms with Crippen molar-refractivity contribution < 1.29 is 18.0 Å². The van der Waals surface area contributed by atoms with Crippen molar-refractivity contribution in [3.63, 3.8) is 0 Å². The number of carbonyl (C=O) groups excluding carboxylic acids is 2. The molecule has 0 saturated carbocycles. The van der Waals surface area contributed by atoms with Gasteiger partial charge in [0.2, 0.25) is 21.8 Å². The van der Waals surface area contributed by atoms with E-state index in [1.54, 1.807) is 36.4 Å². The number of nitrogens with one attached hydrogen (secondary N) is 2. The molecule has 0 heterocycles. The van der Waals surface area contributed by atoms with E-state index in [9.17, 15) is 18.0 Å². The van der Waals surface area contributed by atoms with Crippen molar-refractivity contribution in [1.29, 1.82) is 0 Å². The van der Waals surface area contributed by atoms with Crippen LogP contribution in [0.1, 0.15) is 18.0 Å². The third-order valence-corrected chi connectivity index (χ3v) is 5.17. The smallest absolute Gasteiger partial charge is 0.244 e. The lowest BCUT2D eigenvalue weighted by atomic mass is 10.1. The molecule has 0 aliphatic heterocycles. The number of nitrogens with two attached hydrogens (primary N) is 1. The first-order valence-electron chi connectivity index (χ1n) is 7.68. The molecule has 1 atom stereocenters. The van der Waals surface area contributed by atoms with Gasteiger partial charge in [0.15, 0.2) is 0 Å². The lowest BCUT2D eigenvalue weighted by molar-refractivity contribution is -0.127. The fourth-order valence-electron chi connectivity index (χ4n) is 2.21. The molecule has 0 aliphatic carbocycles. The molecule has 7 nitrogen and oxygen atoms in total. The molecule has 0 aromatic heterocycles. The highest BCUT2D eigenvalue weighted by atomic mass is 35.5. The second kappa shape index (κ2) is 8.79. The Morgan fingerprint density at radius 1 is 1.08 bits per heavy atom. The van der Waals surface area contributed by atoms with Gasteiger partial charge < -0.3 is 11.1 Å². The standard InChI is InChI=1S/C17H18ClN3O4S/c18-13-7-4-8-14(11-13)26(24,25)20-10-9-15(22)21-16(17(19)23)12-5-2-1-3-6-12/h1-8,11,16,20H,9-10H2,(H2,19,23)(H,21,22). The van der Waals surface area contributed by atoms with Crippen molar-refractivity contribution in [1.82, 2.24) is 10.0 Å². The number of benzene rings is 2.